The van der Waals surface area contributed by atoms with E-state index in [2.05, 4.69) is 431 Å². The van der Waals surface area contributed by atoms with Gasteiger partial charge in [0.05, 0.1) is 55.5 Å². The van der Waals surface area contributed by atoms with Crippen LogP contribution in [0.4, 0.5) is 0 Å². The molecule has 0 bridgehead atoms. The highest BCUT2D eigenvalue weighted by Crippen LogP contribution is 2.53. The molecular formula is C116H68N4. The van der Waals surface area contributed by atoms with Crippen molar-refractivity contribution in [3.05, 3.63) is 413 Å². The molecule has 4 heterocycles. The quantitative estimate of drug-likeness (QED) is 0.148. The van der Waals surface area contributed by atoms with Crippen LogP contribution in [-0.4, -0.2) is 18.3 Å². The number of fused-ring (bicyclic) bond motifs is 30. The predicted octanol–water partition coefficient (Wildman–Crippen LogP) is 31.6. The van der Waals surface area contributed by atoms with Gasteiger partial charge in [0.25, 0.3) is 0 Å². The Morgan fingerprint density at radius 2 is 0.358 bits per heavy atom. The van der Waals surface area contributed by atoms with E-state index in [1.807, 2.05) is 0 Å². The minimum Gasteiger partial charge on any atom is -0.309 e. The molecule has 0 fully saturated rings. The Hall–Kier alpha value is -15.9. The van der Waals surface area contributed by atoms with E-state index in [0.29, 0.717) is 0 Å². The van der Waals surface area contributed by atoms with E-state index in [0.717, 1.165) is 5.69 Å². The van der Waals surface area contributed by atoms with Gasteiger partial charge in [-0.1, -0.05) is 315 Å². The average Bonchev–Trinajstić information content (AvgIpc) is 1.44. The third-order valence-electron chi connectivity index (χ3n) is 26.9. The maximum Gasteiger partial charge on any atom is 0.0547 e. The van der Waals surface area contributed by atoms with Crippen molar-refractivity contribution in [2.45, 2.75) is 0 Å². The fourth-order valence-corrected chi connectivity index (χ4v) is 21.7. The molecule has 0 saturated heterocycles. The summed E-state index contributed by atoms with van der Waals surface area (Å²) in [5.41, 5.74) is 29.8. The zero-order valence-corrected chi connectivity index (χ0v) is 65.0. The molecule has 0 atom stereocenters. The summed E-state index contributed by atoms with van der Waals surface area (Å²) in [6.07, 6.45) is 0. The molecular weight excluding hydrogens is 1450 g/mol. The molecule has 0 saturated carbocycles. The van der Waals surface area contributed by atoms with Crippen molar-refractivity contribution in [2.75, 3.05) is 0 Å². The normalized spacial score (nSPS) is 12.3. The van der Waals surface area contributed by atoms with E-state index in [4.69, 9.17) is 0 Å². The van der Waals surface area contributed by atoms with Crippen LogP contribution in [-0.2, 0) is 0 Å². The van der Waals surface area contributed by atoms with E-state index in [9.17, 15) is 0 Å². The van der Waals surface area contributed by atoms with E-state index in [-0.39, 0.29) is 0 Å². The SMILES string of the molecule is c1ccc2c(c1)-c1cccc3c(-n4c5ccccc5c5cc(-c6ccc7c8ccccc8n(-c8ccc9c%10c(cccc8%10)-c8ccccc8-9)c7c6)ccc54)ccc-2c13.c1ccc2c(c1)c1ccccc1c1cc(-n3c4ccccc4c4cc(-c5ccc6c7ccccc7n(-c7ccc8c9ccccc9c9ccccc9c8c7)c6c5)ccc43)ccc21. The van der Waals surface area contributed by atoms with Gasteiger partial charge in [0, 0.05) is 65.2 Å². The number of benzene rings is 22. The Kier molecular flexibility index (Phi) is 13.5. The summed E-state index contributed by atoms with van der Waals surface area (Å²) < 4.78 is 9.90. The first-order chi connectivity index (χ1) is 59.6. The lowest BCUT2D eigenvalue weighted by atomic mass is 9.94. The Bertz CT molecular complexity index is 8940. The first-order valence-electron chi connectivity index (χ1n) is 41.7. The summed E-state index contributed by atoms with van der Waals surface area (Å²) in [5, 5.41) is 30.7. The first-order valence-corrected chi connectivity index (χ1v) is 41.7. The second kappa shape index (κ2) is 24.8. The molecule has 2 aliphatic rings. The third kappa shape index (κ3) is 9.13. The minimum absolute atomic E-state index is 1.16. The van der Waals surface area contributed by atoms with Crippen LogP contribution in [0, 0.1) is 0 Å². The van der Waals surface area contributed by atoms with E-state index in [1.165, 1.54) is 257 Å². The summed E-state index contributed by atoms with van der Waals surface area (Å²) in [6, 6.07) is 154. The first kappa shape index (κ1) is 65.4. The Morgan fingerprint density at radius 3 is 0.758 bits per heavy atom. The monoisotopic (exact) mass is 1520 g/mol. The van der Waals surface area contributed by atoms with Crippen molar-refractivity contribution in [1.82, 2.24) is 18.3 Å². The molecule has 120 heavy (non-hydrogen) atoms. The summed E-state index contributed by atoms with van der Waals surface area (Å²) in [5.74, 6) is 0. The molecule has 0 radical (unpaired) electrons. The van der Waals surface area contributed by atoms with Crippen LogP contribution in [0.2, 0.25) is 0 Å². The van der Waals surface area contributed by atoms with Crippen molar-refractivity contribution in [2.24, 2.45) is 0 Å². The van der Waals surface area contributed by atoms with Crippen LogP contribution in [0.25, 0.3) is 263 Å². The second-order valence-electron chi connectivity index (χ2n) is 32.8. The van der Waals surface area contributed by atoms with Crippen molar-refractivity contribution in [3.63, 3.8) is 0 Å². The van der Waals surface area contributed by atoms with Gasteiger partial charge in [-0.25, -0.2) is 0 Å². The Morgan fingerprint density at radius 1 is 0.117 bits per heavy atom. The van der Waals surface area contributed by atoms with Crippen molar-refractivity contribution in [1.29, 1.82) is 0 Å². The summed E-state index contributed by atoms with van der Waals surface area (Å²) in [7, 11) is 0. The molecule has 4 aromatic heterocycles. The number of hydrogen-bond acceptors (Lipinski definition) is 0. The van der Waals surface area contributed by atoms with Crippen LogP contribution in [0.15, 0.2) is 413 Å². The van der Waals surface area contributed by atoms with Gasteiger partial charge in [-0.05, 0) is 239 Å². The lowest BCUT2D eigenvalue weighted by Gasteiger charge is -2.14. The Balaban J connectivity index is 0.000000127. The zero-order valence-electron chi connectivity index (χ0n) is 65.0. The van der Waals surface area contributed by atoms with Gasteiger partial charge in [0.1, 0.15) is 0 Å². The molecule has 4 nitrogen and oxygen atoms in total. The summed E-state index contributed by atoms with van der Waals surface area (Å²) >= 11 is 0. The molecule has 0 aliphatic heterocycles. The van der Waals surface area contributed by atoms with Gasteiger partial charge in [0.15, 0.2) is 0 Å². The topological polar surface area (TPSA) is 19.7 Å². The molecule has 26 aromatic rings. The Labute approximate surface area is 689 Å². The molecule has 0 unspecified atom stereocenters. The molecule has 0 spiro atoms. The molecule has 0 amide bonds. The molecule has 22 aromatic carbocycles. The molecule has 0 N–H and O–H groups in total. The van der Waals surface area contributed by atoms with Gasteiger partial charge in [-0.15, -0.1) is 0 Å². The van der Waals surface area contributed by atoms with Gasteiger partial charge in [-0.3, -0.25) is 0 Å². The maximum atomic E-state index is 2.50. The zero-order chi connectivity index (χ0) is 78.1. The average molecular weight is 1520 g/mol. The number of aromatic nitrogens is 4. The lowest BCUT2D eigenvalue weighted by molar-refractivity contribution is 1.19. The maximum absolute atomic E-state index is 2.50. The standard InChI is InChI=1S/C60H36N2.C56H32N2/c1-3-17-45-41(13-1)43-15-5-7-19-47(43)54-35-39(27-30-49(45)54)61-58-24-12-10-22-52(58)56-33-37(26-32-59(56)61)38-25-29-53-51-21-9-11-23-57(51)62(60(53)34-38)40-28-31-50-46-18-4-2-14-42(46)44-16-6-8-20-48(44)55(50)36-40;1-3-13-37-35(11-1)42-17-9-19-46-51(29-26-44(37)55(42)46)57-50-22-8-6-16-40(50)48-31-33(24-28-53(48)57)34-23-25-41-39-15-5-7-21-49(39)58(54(41)32-34)52-30-27-45-38-14-4-2-12-36(38)43-18-10-20-47(52)56(43)45/h1-36H;1-32H. The van der Waals surface area contributed by atoms with Crippen LogP contribution in [0.3, 0.4) is 0 Å². The lowest BCUT2D eigenvalue weighted by Crippen LogP contribution is -1.96. The summed E-state index contributed by atoms with van der Waals surface area (Å²) in [4.78, 5) is 0. The van der Waals surface area contributed by atoms with Crippen molar-refractivity contribution < 1.29 is 0 Å². The van der Waals surface area contributed by atoms with Crippen LogP contribution < -0.4 is 0 Å². The molecule has 4 heteroatoms. The molecule has 2 aliphatic carbocycles. The fourth-order valence-electron chi connectivity index (χ4n) is 21.7. The molecule has 28 rings (SSSR count). The smallest absolute Gasteiger partial charge is 0.0547 e. The van der Waals surface area contributed by atoms with E-state index in [1.54, 1.807) is 0 Å². The fraction of sp³-hybridized carbons (Fsp3) is 0. The number of para-hydroxylation sites is 4. The number of rotatable bonds is 6. The predicted molar refractivity (Wildman–Crippen MR) is 510 cm³/mol. The van der Waals surface area contributed by atoms with Crippen LogP contribution in [0.5, 0.6) is 0 Å². The second-order valence-corrected chi connectivity index (χ2v) is 32.8. The number of nitrogens with zero attached hydrogens (tertiary/aromatic N) is 4. The van der Waals surface area contributed by atoms with Crippen molar-refractivity contribution in [3.8, 4) is 89.5 Å². The number of hydrogen-bond donors (Lipinski definition) is 0. The van der Waals surface area contributed by atoms with Crippen LogP contribution >= 0.6 is 0 Å². The molecule has 552 valence electrons. The van der Waals surface area contributed by atoms with Crippen LogP contribution in [0.1, 0.15) is 0 Å². The van der Waals surface area contributed by atoms with E-state index < -0.39 is 0 Å². The van der Waals surface area contributed by atoms with E-state index >= 15 is 0 Å². The van der Waals surface area contributed by atoms with Gasteiger partial charge >= 0.3 is 0 Å². The third-order valence-corrected chi connectivity index (χ3v) is 26.9. The van der Waals surface area contributed by atoms with Crippen molar-refractivity contribution >= 4 is 173 Å². The minimum atomic E-state index is 1.16. The highest BCUT2D eigenvalue weighted by molar-refractivity contribution is 6.29. The largest absolute Gasteiger partial charge is 0.309 e. The van der Waals surface area contributed by atoms with Gasteiger partial charge < -0.3 is 18.3 Å². The summed E-state index contributed by atoms with van der Waals surface area (Å²) in [6.45, 7) is 0. The highest BCUT2D eigenvalue weighted by atomic mass is 15.0. The van der Waals surface area contributed by atoms with Gasteiger partial charge in [-0.2, -0.15) is 0 Å². The van der Waals surface area contributed by atoms with Gasteiger partial charge in [0.2, 0.25) is 0 Å². The highest BCUT2D eigenvalue weighted by Gasteiger charge is 2.28.